The molecule has 0 saturated carbocycles. The number of hydrogen-bond acceptors (Lipinski definition) is 4. The fraction of sp³-hybridized carbons (Fsp3) is 0. The average Bonchev–Trinajstić information content (AvgIpc) is 3.70. The highest BCUT2D eigenvalue weighted by atomic mass is 32.1. The van der Waals surface area contributed by atoms with E-state index in [1.54, 1.807) is 11.3 Å². The van der Waals surface area contributed by atoms with Gasteiger partial charge in [0.15, 0.2) is 0 Å². The van der Waals surface area contributed by atoms with Crippen LogP contribution in [0.3, 0.4) is 0 Å². The lowest BCUT2D eigenvalue weighted by atomic mass is 9.91. The number of hydrogen-bond donors (Lipinski definition) is 0. The molecule has 0 amide bonds. The normalized spacial score (nSPS) is 12.2. The fourth-order valence-corrected chi connectivity index (χ4v) is 9.83. The quantitative estimate of drug-likeness (QED) is 0.175. The summed E-state index contributed by atoms with van der Waals surface area (Å²) in [6.45, 7) is 0. The maximum atomic E-state index is 5.59. The second-order valence-corrected chi connectivity index (χ2v) is 14.6. The molecule has 0 atom stereocenters. The third-order valence-corrected chi connectivity index (χ3v) is 12.0. The molecule has 0 aliphatic carbocycles. The highest BCUT2D eigenvalue weighted by molar-refractivity contribution is 7.26. The van der Waals surface area contributed by atoms with Crippen LogP contribution in [0.4, 0.5) is 0 Å². The van der Waals surface area contributed by atoms with Crippen molar-refractivity contribution < 1.29 is 0 Å². The Morgan fingerprint density at radius 1 is 0.354 bits per heavy atom. The molecule has 2 nitrogen and oxygen atoms in total. The predicted molar refractivity (Wildman–Crippen MR) is 209 cm³/mol. The first-order valence-electron chi connectivity index (χ1n) is 16.2. The average molecular weight is 645 g/mol. The molecule has 0 bridgehead atoms. The van der Waals surface area contributed by atoms with Crippen LogP contribution >= 0.6 is 22.7 Å². The lowest BCUT2D eigenvalue weighted by Gasteiger charge is -2.15. The van der Waals surface area contributed by atoms with Crippen molar-refractivity contribution in [1.82, 2.24) is 9.97 Å². The van der Waals surface area contributed by atoms with Crippen LogP contribution in [0.1, 0.15) is 0 Å². The number of benzene rings is 8. The van der Waals surface area contributed by atoms with E-state index in [9.17, 15) is 0 Å². The smallest absolute Gasteiger partial charge is 0.143 e. The molecule has 0 saturated heterocycles. The van der Waals surface area contributed by atoms with Gasteiger partial charge in [0.2, 0.25) is 0 Å². The van der Waals surface area contributed by atoms with Crippen LogP contribution in [-0.4, -0.2) is 9.97 Å². The number of thiophene rings is 2. The Morgan fingerprint density at radius 2 is 1.04 bits per heavy atom. The third-order valence-electron chi connectivity index (χ3n) is 9.85. The molecule has 0 aliphatic rings. The molecular weight excluding hydrogens is 621 g/mol. The van der Waals surface area contributed by atoms with E-state index in [1.165, 1.54) is 68.0 Å². The predicted octanol–water partition coefficient (Wildman–Crippen LogP) is 13.2. The molecule has 8 aromatic carbocycles. The summed E-state index contributed by atoms with van der Waals surface area (Å²) < 4.78 is 3.80. The van der Waals surface area contributed by atoms with Crippen molar-refractivity contribution in [2.75, 3.05) is 0 Å². The first-order valence-corrected chi connectivity index (χ1v) is 17.8. The van der Waals surface area contributed by atoms with E-state index in [2.05, 4.69) is 146 Å². The first-order chi connectivity index (χ1) is 23.8. The topological polar surface area (TPSA) is 25.8 Å². The van der Waals surface area contributed by atoms with Crippen molar-refractivity contribution in [3.8, 4) is 22.5 Å². The van der Waals surface area contributed by atoms with Crippen molar-refractivity contribution in [1.29, 1.82) is 0 Å². The van der Waals surface area contributed by atoms with Gasteiger partial charge in [-0.2, -0.15) is 0 Å². The van der Waals surface area contributed by atoms with Crippen molar-refractivity contribution in [3.05, 3.63) is 146 Å². The number of rotatable bonds is 2. The van der Waals surface area contributed by atoms with Crippen molar-refractivity contribution in [2.45, 2.75) is 0 Å². The van der Waals surface area contributed by atoms with Crippen LogP contribution in [0.5, 0.6) is 0 Å². The Bertz CT molecular complexity index is 3130. The molecule has 4 heteroatoms. The third kappa shape index (κ3) is 3.73. The zero-order valence-corrected chi connectivity index (χ0v) is 27.2. The van der Waals surface area contributed by atoms with Crippen LogP contribution in [0, 0.1) is 0 Å². The maximum absolute atomic E-state index is 5.59. The minimum atomic E-state index is 0.920. The van der Waals surface area contributed by atoms with E-state index in [4.69, 9.17) is 9.97 Å². The highest BCUT2D eigenvalue weighted by Gasteiger charge is 2.22. The summed E-state index contributed by atoms with van der Waals surface area (Å²) in [4.78, 5) is 12.0. The van der Waals surface area contributed by atoms with Crippen molar-refractivity contribution >= 4 is 106 Å². The molecule has 48 heavy (non-hydrogen) atoms. The molecule has 3 heterocycles. The minimum absolute atomic E-state index is 0.920. The molecule has 0 radical (unpaired) electrons. The van der Waals surface area contributed by atoms with Gasteiger partial charge >= 0.3 is 0 Å². The fourth-order valence-electron chi connectivity index (χ4n) is 7.67. The van der Waals surface area contributed by atoms with Gasteiger partial charge in [0.1, 0.15) is 10.3 Å². The van der Waals surface area contributed by atoms with E-state index in [1.807, 2.05) is 11.3 Å². The Labute approximate surface area is 283 Å². The second-order valence-electron chi connectivity index (χ2n) is 12.5. The van der Waals surface area contributed by atoms with E-state index >= 15 is 0 Å². The molecule has 0 N–H and O–H groups in total. The summed E-state index contributed by atoms with van der Waals surface area (Å²) in [5.74, 6) is 0. The van der Waals surface area contributed by atoms with Crippen LogP contribution in [-0.2, 0) is 0 Å². The number of aromatic nitrogens is 2. The summed E-state index contributed by atoms with van der Waals surface area (Å²) in [6.07, 6.45) is 0. The number of fused-ring (bicyclic) bond motifs is 12. The zero-order valence-electron chi connectivity index (χ0n) is 25.6. The largest absolute Gasteiger partial charge is 0.242 e. The van der Waals surface area contributed by atoms with Crippen molar-refractivity contribution in [3.63, 3.8) is 0 Å². The van der Waals surface area contributed by atoms with Gasteiger partial charge in [-0.25, -0.2) is 9.97 Å². The van der Waals surface area contributed by atoms with Gasteiger partial charge in [0.05, 0.1) is 11.4 Å². The summed E-state index contributed by atoms with van der Waals surface area (Å²) in [5, 5.41) is 13.6. The molecule has 11 aromatic rings. The maximum Gasteiger partial charge on any atom is 0.143 e. The molecule has 3 aromatic heterocycles. The summed E-state index contributed by atoms with van der Waals surface area (Å²) >= 11 is 3.59. The lowest BCUT2D eigenvalue weighted by Crippen LogP contribution is -1.96. The van der Waals surface area contributed by atoms with Crippen LogP contribution in [0.15, 0.2) is 146 Å². The van der Waals surface area contributed by atoms with E-state index in [0.717, 1.165) is 38.2 Å². The summed E-state index contributed by atoms with van der Waals surface area (Å²) in [5.41, 5.74) is 5.02. The zero-order chi connectivity index (χ0) is 31.3. The van der Waals surface area contributed by atoms with Gasteiger partial charge in [-0.05, 0) is 73.4 Å². The summed E-state index contributed by atoms with van der Waals surface area (Å²) in [7, 11) is 0. The lowest BCUT2D eigenvalue weighted by molar-refractivity contribution is 1.33. The Balaban J connectivity index is 1.32. The van der Waals surface area contributed by atoms with Gasteiger partial charge in [-0.3, -0.25) is 0 Å². The van der Waals surface area contributed by atoms with Crippen molar-refractivity contribution in [2.24, 2.45) is 0 Å². The van der Waals surface area contributed by atoms with E-state index < -0.39 is 0 Å². The van der Waals surface area contributed by atoms with E-state index in [-0.39, 0.29) is 0 Å². The monoisotopic (exact) mass is 644 g/mol. The molecule has 0 spiro atoms. The van der Waals surface area contributed by atoms with Gasteiger partial charge in [-0.15, -0.1) is 22.7 Å². The number of nitrogens with zero attached hydrogens (tertiary/aromatic N) is 2. The van der Waals surface area contributed by atoms with E-state index in [0.29, 0.717) is 0 Å². The molecule has 0 aliphatic heterocycles. The second kappa shape index (κ2) is 9.91. The first kappa shape index (κ1) is 26.4. The van der Waals surface area contributed by atoms with Crippen LogP contribution in [0.2, 0.25) is 0 Å². The Morgan fingerprint density at radius 3 is 1.92 bits per heavy atom. The Hall–Kier alpha value is -5.68. The van der Waals surface area contributed by atoms with Crippen LogP contribution < -0.4 is 0 Å². The van der Waals surface area contributed by atoms with Gasteiger partial charge < -0.3 is 0 Å². The van der Waals surface area contributed by atoms with Gasteiger partial charge in [0, 0.05) is 41.4 Å². The highest BCUT2D eigenvalue weighted by Crippen LogP contribution is 2.46. The minimum Gasteiger partial charge on any atom is -0.242 e. The van der Waals surface area contributed by atoms with Crippen LogP contribution in [0.25, 0.3) is 106 Å². The molecule has 0 unspecified atom stereocenters. The molecule has 11 rings (SSSR count). The molecule has 222 valence electrons. The summed E-state index contributed by atoms with van der Waals surface area (Å²) in [6, 6.07) is 52.9. The molecule has 0 fully saturated rings. The van der Waals surface area contributed by atoms with Gasteiger partial charge in [0.25, 0.3) is 0 Å². The van der Waals surface area contributed by atoms with Gasteiger partial charge in [-0.1, -0.05) is 115 Å². The molecular formula is C44H24N2S2. The Kier molecular flexibility index (Phi) is 5.45. The SMILES string of the molecule is c1ccc2c(-c3nc4sc5ccccc5c4nc3-c3cc4ccccc4c4cc5c(cc34)sc3ccc4ccccc4c35)cccc2c1. The standard InChI is InChI=1S/C44H24N2S2/c1-4-14-28-25(10-1)13-9-18-31(28)41-42(45-43-32-17-7-8-19-37(32)48-44(43)46-41)35-22-27-12-3-5-15-29(27)33-23-36-39(24-34(33)35)47-38-21-20-26-11-2-6-16-30(26)40(36)38/h1-24H.